The van der Waals surface area contributed by atoms with E-state index in [2.05, 4.69) is 0 Å². The third kappa shape index (κ3) is 5.43. The van der Waals surface area contributed by atoms with Crippen LogP contribution in [0.4, 0.5) is 0 Å². The zero-order valence-electron chi connectivity index (χ0n) is 6.70. The van der Waals surface area contributed by atoms with Gasteiger partial charge in [-0.2, -0.15) is 0 Å². The van der Waals surface area contributed by atoms with Crippen LogP contribution in [0.15, 0.2) is 24.7 Å². The van der Waals surface area contributed by atoms with Gasteiger partial charge in [-0.1, -0.05) is 12.2 Å². The molecule has 0 unspecified atom stereocenters. The largest absolute Gasteiger partial charge is 0.521 e. The van der Waals surface area contributed by atoms with Crippen LogP contribution in [0.25, 0.3) is 0 Å². The maximum Gasteiger partial charge on any atom is 0.440 e. The van der Waals surface area contributed by atoms with E-state index >= 15 is 0 Å². The number of allylic oxidation sites excluding steroid dienone is 2. The average Bonchev–Trinajstić information content (AvgIpc) is 1.97. The van der Waals surface area contributed by atoms with E-state index in [4.69, 9.17) is 8.85 Å². The Labute approximate surface area is 64.0 Å². The summed E-state index contributed by atoms with van der Waals surface area (Å²) in [7, 11) is -1.41. The molecule has 0 amide bonds. The van der Waals surface area contributed by atoms with Crippen LogP contribution in [0.3, 0.4) is 0 Å². The lowest BCUT2D eigenvalue weighted by Crippen LogP contribution is -2.11. The van der Waals surface area contributed by atoms with Crippen LogP contribution in [-0.2, 0) is 8.85 Å². The highest BCUT2D eigenvalue weighted by atomic mass is 28.3. The zero-order chi connectivity index (χ0) is 7.82. The summed E-state index contributed by atoms with van der Waals surface area (Å²) in [5, 5.41) is 0. The molecule has 58 valence electrons. The molecular weight excluding hydrogens is 144 g/mol. The molecule has 0 N–H and O–H groups in total. The van der Waals surface area contributed by atoms with Crippen molar-refractivity contribution in [2.75, 3.05) is 0 Å². The lowest BCUT2D eigenvalue weighted by atomic mass is 10.8. The Kier molecular flexibility index (Phi) is 5.97. The Morgan fingerprint density at radius 1 is 1.00 bits per heavy atom. The van der Waals surface area contributed by atoms with Gasteiger partial charge in [-0.3, -0.25) is 0 Å². The van der Waals surface area contributed by atoms with Gasteiger partial charge in [0, 0.05) is 0 Å². The van der Waals surface area contributed by atoms with E-state index in [1.165, 1.54) is 0 Å². The first kappa shape index (κ1) is 9.30. The quantitative estimate of drug-likeness (QED) is 0.460. The Morgan fingerprint density at radius 3 is 1.70 bits per heavy atom. The van der Waals surface area contributed by atoms with Crippen molar-refractivity contribution in [3.63, 3.8) is 0 Å². The van der Waals surface area contributed by atoms with Crippen molar-refractivity contribution in [1.82, 2.24) is 0 Å². The highest BCUT2D eigenvalue weighted by Gasteiger charge is 2.00. The lowest BCUT2D eigenvalue weighted by Gasteiger charge is -2.06. The van der Waals surface area contributed by atoms with Crippen LogP contribution < -0.4 is 0 Å². The summed E-state index contributed by atoms with van der Waals surface area (Å²) < 4.78 is 10.4. The van der Waals surface area contributed by atoms with Gasteiger partial charge >= 0.3 is 9.28 Å². The third-order valence-corrected chi connectivity index (χ3v) is 1.89. The monoisotopic (exact) mass is 158 g/mol. The van der Waals surface area contributed by atoms with Gasteiger partial charge in [0.1, 0.15) is 0 Å². The highest BCUT2D eigenvalue weighted by Crippen LogP contribution is 1.90. The topological polar surface area (TPSA) is 18.5 Å². The van der Waals surface area contributed by atoms with E-state index in [-0.39, 0.29) is 0 Å². The van der Waals surface area contributed by atoms with Crippen LogP contribution in [0.5, 0.6) is 0 Å². The average molecular weight is 158 g/mol. The van der Waals surface area contributed by atoms with Crippen LogP contribution in [0, 0.1) is 0 Å². The molecule has 0 atom stereocenters. The van der Waals surface area contributed by atoms with E-state index in [0.29, 0.717) is 0 Å². The van der Waals surface area contributed by atoms with E-state index in [9.17, 15) is 0 Å². The Morgan fingerprint density at radius 2 is 1.40 bits per heavy atom. The molecule has 0 rings (SSSR count). The molecule has 0 spiro atoms. The van der Waals surface area contributed by atoms with Crippen LogP contribution in [0.2, 0.25) is 6.55 Å². The molecular formula is C7H14O2Si. The van der Waals surface area contributed by atoms with Crippen molar-refractivity contribution in [1.29, 1.82) is 0 Å². The summed E-state index contributed by atoms with van der Waals surface area (Å²) in [5.41, 5.74) is 0. The molecule has 0 bridgehead atoms. The van der Waals surface area contributed by atoms with Gasteiger partial charge in [-0.15, -0.1) is 0 Å². The van der Waals surface area contributed by atoms with Crippen molar-refractivity contribution in [3.8, 4) is 0 Å². The zero-order valence-corrected chi connectivity index (χ0v) is 7.86. The molecule has 0 saturated carbocycles. The summed E-state index contributed by atoms with van der Waals surface area (Å²) in [6, 6.07) is 0. The maximum atomic E-state index is 5.18. The third-order valence-electron chi connectivity index (χ3n) is 0.813. The molecule has 0 aliphatic carbocycles. The number of hydrogen-bond acceptors (Lipinski definition) is 2. The summed E-state index contributed by atoms with van der Waals surface area (Å²) in [6.07, 6.45) is 7.03. The molecule has 2 nitrogen and oxygen atoms in total. The van der Waals surface area contributed by atoms with Gasteiger partial charge in [-0.25, -0.2) is 0 Å². The van der Waals surface area contributed by atoms with Crippen molar-refractivity contribution >= 4 is 9.28 Å². The van der Waals surface area contributed by atoms with Crippen LogP contribution in [-0.4, -0.2) is 9.28 Å². The van der Waals surface area contributed by atoms with Gasteiger partial charge in [0.15, 0.2) is 0 Å². The predicted molar refractivity (Wildman–Crippen MR) is 44.8 cm³/mol. The number of hydrogen-bond donors (Lipinski definition) is 0. The first-order valence-electron chi connectivity index (χ1n) is 3.34. The van der Waals surface area contributed by atoms with Crippen molar-refractivity contribution in [2.24, 2.45) is 0 Å². The smallest absolute Gasteiger partial charge is 0.440 e. The van der Waals surface area contributed by atoms with E-state index in [1.807, 2.05) is 32.5 Å². The van der Waals surface area contributed by atoms with Crippen molar-refractivity contribution in [3.05, 3.63) is 24.7 Å². The molecule has 0 aliphatic heterocycles. The predicted octanol–water partition coefficient (Wildman–Crippen LogP) is 1.94. The van der Waals surface area contributed by atoms with Gasteiger partial charge < -0.3 is 8.85 Å². The molecule has 10 heavy (non-hydrogen) atoms. The Balaban J connectivity index is 3.33. The second-order valence-electron chi connectivity index (χ2n) is 1.78. The molecule has 0 saturated heterocycles. The Hall–Kier alpha value is -0.703. The van der Waals surface area contributed by atoms with Crippen molar-refractivity contribution in [2.45, 2.75) is 20.4 Å². The molecule has 3 heteroatoms. The second kappa shape index (κ2) is 6.42. The summed E-state index contributed by atoms with van der Waals surface area (Å²) in [4.78, 5) is 0. The van der Waals surface area contributed by atoms with Gasteiger partial charge in [0.2, 0.25) is 0 Å². The van der Waals surface area contributed by atoms with E-state index < -0.39 is 9.28 Å². The highest BCUT2D eigenvalue weighted by molar-refractivity contribution is 6.43. The summed E-state index contributed by atoms with van der Waals surface area (Å²) in [6.45, 7) is 5.80. The van der Waals surface area contributed by atoms with Crippen LogP contribution >= 0.6 is 0 Å². The summed E-state index contributed by atoms with van der Waals surface area (Å²) >= 11 is 0. The first-order chi connectivity index (χ1) is 4.81. The normalized spacial score (nSPS) is 14.3. The minimum Gasteiger partial charge on any atom is -0.521 e. The second-order valence-corrected chi connectivity index (χ2v) is 3.46. The van der Waals surface area contributed by atoms with Crippen molar-refractivity contribution < 1.29 is 8.85 Å². The van der Waals surface area contributed by atoms with Gasteiger partial charge in [0.05, 0.1) is 12.5 Å². The maximum absolute atomic E-state index is 5.18. The summed E-state index contributed by atoms with van der Waals surface area (Å²) in [5.74, 6) is 0. The fourth-order valence-corrected chi connectivity index (χ4v) is 1.23. The number of rotatable bonds is 4. The molecule has 0 fully saturated rings. The minimum atomic E-state index is -1.41. The molecule has 0 heterocycles. The SMILES string of the molecule is CC=CO[SiH](C)OC=CC. The fourth-order valence-electron chi connectivity index (χ4n) is 0.410. The van der Waals surface area contributed by atoms with Gasteiger partial charge in [-0.05, 0) is 20.4 Å². The molecule has 0 aliphatic rings. The fraction of sp³-hybridized carbons (Fsp3) is 0.429. The standard InChI is InChI=1S/C7H14O2Si/c1-4-6-8-10(3)9-7-5-2/h4-7,10H,1-3H3. The van der Waals surface area contributed by atoms with E-state index in [0.717, 1.165) is 0 Å². The minimum absolute atomic E-state index is 1.41. The molecule has 0 aromatic carbocycles. The first-order valence-corrected chi connectivity index (χ1v) is 5.44. The van der Waals surface area contributed by atoms with E-state index in [1.54, 1.807) is 12.5 Å². The molecule has 0 aromatic heterocycles. The molecule has 0 radical (unpaired) electrons. The molecule has 0 aromatic rings. The Bertz CT molecular complexity index is 107. The lowest BCUT2D eigenvalue weighted by molar-refractivity contribution is 0.349. The van der Waals surface area contributed by atoms with Crippen LogP contribution in [0.1, 0.15) is 13.8 Å². The van der Waals surface area contributed by atoms with Gasteiger partial charge in [0.25, 0.3) is 0 Å².